The van der Waals surface area contributed by atoms with Crippen molar-refractivity contribution in [3.63, 3.8) is 0 Å². The number of para-hydroxylation sites is 1. The predicted molar refractivity (Wildman–Crippen MR) is 71.9 cm³/mol. The summed E-state index contributed by atoms with van der Waals surface area (Å²) in [5.74, 6) is -0.147. The maximum atomic E-state index is 11.9. The van der Waals surface area contributed by atoms with Crippen molar-refractivity contribution in [1.29, 1.82) is 5.26 Å². The van der Waals surface area contributed by atoms with E-state index in [0.29, 0.717) is 30.4 Å². The predicted octanol–water partition coefficient (Wildman–Crippen LogP) is 1.50. The van der Waals surface area contributed by atoms with Crippen molar-refractivity contribution in [2.24, 2.45) is 0 Å². The van der Waals surface area contributed by atoms with Crippen LogP contribution in [0.2, 0.25) is 5.02 Å². The topological polar surface area (TPSA) is 65.4 Å². The van der Waals surface area contributed by atoms with Gasteiger partial charge in [0.1, 0.15) is 0 Å². The molecular weight excluding hydrogens is 266 g/mol. The molecule has 2 rings (SSSR count). The van der Waals surface area contributed by atoms with Crippen molar-refractivity contribution in [1.82, 2.24) is 4.90 Å². The molecule has 1 aliphatic rings. The van der Waals surface area contributed by atoms with Gasteiger partial charge in [-0.2, -0.15) is 5.26 Å². The van der Waals surface area contributed by atoms with Crippen molar-refractivity contribution < 1.29 is 9.53 Å². The molecule has 1 aromatic rings. The number of hydrogen-bond donors (Lipinski definition) is 1. The quantitative estimate of drug-likeness (QED) is 0.911. The van der Waals surface area contributed by atoms with Crippen LogP contribution in [-0.4, -0.2) is 43.2 Å². The van der Waals surface area contributed by atoms with Crippen molar-refractivity contribution in [3.05, 3.63) is 29.3 Å². The molecule has 1 atom stereocenters. The Bertz CT molecular complexity index is 501. The van der Waals surface area contributed by atoms with Gasteiger partial charge in [0.25, 0.3) is 0 Å². The van der Waals surface area contributed by atoms with Crippen LogP contribution < -0.4 is 5.32 Å². The Kier molecular flexibility index (Phi) is 4.74. The second-order valence-corrected chi connectivity index (χ2v) is 4.66. The molecule has 1 saturated heterocycles. The molecule has 0 aliphatic carbocycles. The van der Waals surface area contributed by atoms with Crippen LogP contribution in [0.15, 0.2) is 24.3 Å². The van der Waals surface area contributed by atoms with Gasteiger partial charge in [-0.05, 0) is 12.1 Å². The van der Waals surface area contributed by atoms with Crippen LogP contribution in [-0.2, 0) is 9.53 Å². The Balaban J connectivity index is 1.88. The third-order valence-electron chi connectivity index (χ3n) is 2.81. The van der Waals surface area contributed by atoms with E-state index in [4.69, 9.17) is 21.6 Å². The molecular formula is C13H14ClN3O2. The van der Waals surface area contributed by atoms with Crippen LogP contribution in [0.25, 0.3) is 0 Å². The van der Waals surface area contributed by atoms with Crippen LogP contribution in [0.5, 0.6) is 0 Å². The van der Waals surface area contributed by atoms with Gasteiger partial charge in [-0.25, -0.2) is 0 Å². The maximum absolute atomic E-state index is 11.9. The number of carbonyl (C=O) groups excluding carboxylic acids is 1. The zero-order chi connectivity index (χ0) is 13.7. The summed E-state index contributed by atoms with van der Waals surface area (Å²) in [5, 5.41) is 12.1. The second kappa shape index (κ2) is 6.53. The molecule has 0 aromatic heterocycles. The normalized spacial score (nSPS) is 19.7. The summed E-state index contributed by atoms with van der Waals surface area (Å²) in [4.78, 5) is 13.8. The number of nitrogens with zero attached hydrogens (tertiary/aromatic N) is 2. The van der Waals surface area contributed by atoms with Crippen molar-refractivity contribution in [2.75, 3.05) is 31.6 Å². The van der Waals surface area contributed by atoms with Gasteiger partial charge in [0.15, 0.2) is 6.10 Å². The van der Waals surface area contributed by atoms with Crippen LogP contribution in [0.4, 0.5) is 5.69 Å². The number of nitriles is 1. The third-order valence-corrected chi connectivity index (χ3v) is 3.14. The number of anilines is 1. The SMILES string of the molecule is N#CC1CN(CC(=O)Nc2ccccc2Cl)CCO1. The molecule has 1 N–H and O–H groups in total. The highest BCUT2D eigenvalue weighted by atomic mass is 35.5. The average molecular weight is 280 g/mol. The Hall–Kier alpha value is -1.61. The van der Waals surface area contributed by atoms with Gasteiger partial charge in [-0.15, -0.1) is 0 Å². The number of ether oxygens (including phenoxy) is 1. The smallest absolute Gasteiger partial charge is 0.238 e. The molecule has 0 radical (unpaired) electrons. The lowest BCUT2D eigenvalue weighted by atomic mass is 10.3. The van der Waals surface area contributed by atoms with Crippen molar-refractivity contribution >= 4 is 23.2 Å². The van der Waals surface area contributed by atoms with E-state index in [0.717, 1.165) is 0 Å². The van der Waals surface area contributed by atoms with E-state index in [1.165, 1.54) is 0 Å². The molecule has 1 heterocycles. The van der Waals surface area contributed by atoms with Crippen LogP contribution in [0.3, 0.4) is 0 Å². The molecule has 1 aromatic carbocycles. The van der Waals surface area contributed by atoms with Gasteiger partial charge in [-0.3, -0.25) is 9.69 Å². The summed E-state index contributed by atoms with van der Waals surface area (Å²) >= 11 is 5.97. The van der Waals surface area contributed by atoms with Crippen LogP contribution in [0, 0.1) is 11.3 Å². The standard InChI is InChI=1S/C13H14ClN3O2/c14-11-3-1-2-4-12(11)16-13(18)9-17-5-6-19-10(7-15)8-17/h1-4,10H,5-6,8-9H2,(H,16,18). The highest BCUT2D eigenvalue weighted by Gasteiger charge is 2.21. The molecule has 1 amide bonds. The molecule has 1 unspecified atom stereocenters. The Morgan fingerprint density at radius 1 is 1.58 bits per heavy atom. The number of nitrogens with one attached hydrogen (secondary N) is 1. The van der Waals surface area contributed by atoms with E-state index < -0.39 is 6.10 Å². The van der Waals surface area contributed by atoms with Crippen molar-refractivity contribution in [2.45, 2.75) is 6.10 Å². The largest absolute Gasteiger partial charge is 0.361 e. The zero-order valence-corrected chi connectivity index (χ0v) is 11.1. The van der Waals surface area contributed by atoms with Crippen molar-refractivity contribution in [3.8, 4) is 6.07 Å². The van der Waals surface area contributed by atoms with E-state index in [1.807, 2.05) is 17.0 Å². The van der Waals surface area contributed by atoms with Gasteiger partial charge >= 0.3 is 0 Å². The molecule has 0 saturated carbocycles. The first-order valence-corrected chi connectivity index (χ1v) is 6.35. The molecule has 0 spiro atoms. The summed E-state index contributed by atoms with van der Waals surface area (Å²) < 4.78 is 5.22. The third kappa shape index (κ3) is 3.93. The lowest BCUT2D eigenvalue weighted by Crippen LogP contribution is -2.45. The van der Waals surface area contributed by atoms with Crippen LogP contribution >= 0.6 is 11.6 Å². The number of rotatable bonds is 3. The Morgan fingerprint density at radius 2 is 2.37 bits per heavy atom. The number of hydrogen-bond acceptors (Lipinski definition) is 4. The Labute approximate surface area is 116 Å². The summed E-state index contributed by atoms with van der Waals surface area (Å²) in [5.41, 5.74) is 0.597. The number of benzene rings is 1. The average Bonchev–Trinajstić information content (AvgIpc) is 2.41. The lowest BCUT2D eigenvalue weighted by molar-refractivity contribution is -0.118. The minimum absolute atomic E-state index is 0.147. The van der Waals surface area contributed by atoms with Gasteiger partial charge in [0, 0.05) is 13.1 Å². The molecule has 0 bridgehead atoms. The van der Waals surface area contributed by atoms with Gasteiger partial charge < -0.3 is 10.1 Å². The molecule has 19 heavy (non-hydrogen) atoms. The monoisotopic (exact) mass is 279 g/mol. The van der Waals surface area contributed by atoms with E-state index >= 15 is 0 Å². The maximum Gasteiger partial charge on any atom is 0.238 e. The first-order valence-electron chi connectivity index (χ1n) is 5.97. The molecule has 5 nitrogen and oxygen atoms in total. The zero-order valence-electron chi connectivity index (χ0n) is 10.3. The van der Waals surface area contributed by atoms with Gasteiger partial charge in [0.2, 0.25) is 5.91 Å². The molecule has 1 fully saturated rings. The lowest BCUT2D eigenvalue weighted by Gasteiger charge is -2.28. The molecule has 6 heteroatoms. The summed E-state index contributed by atoms with van der Waals surface area (Å²) in [7, 11) is 0. The van der Waals surface area contributed by atoms with Gasteiger partial charge in [0.05, 0.1) is 29.9 Å². The van der Waals surface area contributed by atoms with E-state index in [2.05, 4.69) is 5.32 Å². The first kappa shape index (κ1) is 13.8. The second-order valence-electron chi connectivity index (χ2n) is 4.25. The summed E-state index contributed by atoms with van der Waals surface area (Å²) in [6, 6.07) is 9.13. The summed E-state index contributed by atoms with van der Waals surface area (Å²) in [6.07, 6.45) is -0.457. The van der Waals surface area contributed by atoms with Gasteiger partial charge in [-0.1, -0.05) is 23.7 Å². The number of halogens is 1. The molecule has 100 valence electrons. The number of amides is 1. The van der Waals surface area contributed by atoms with E-state index in [9.17, 15) is 4.79 Å². The number of morpholine rings is 1. The minimum atomic E-state index is -0.457. The van der Waals surface area contributed by atoms with Crippen LogP contribution in [0.1, 0.15) is 0 Å². The van der Waals surface area contributed by atoms with E-state index in [1.54, 1.807) is 18.2 Å². The fourth-order valence-corrected chi connectivity index (χ4v) is 2.06. The highest BCUT2D eigenvalue weighted by Crippen LogP contribution is 2.20. The number of carbonyl (C=O) groups is 1. The van der Waals surface area contributed by atoms with E-state index in [-0.39, 0.29) is 12.5 Å². The highest BCUT2D eigenvalue weighted by molar-refractivity contribution is 6.33. The summed E-state index contributed by atoms with van der Waals surface area (Å²) in [6.45, 7) is 1.80. The minimum Gasteiger partial charge on any atom is -0.361 e. The molecule has 1 aliphatic heterocycles. The fraction of sp³-hybridized carbons (Fsp3) is 0.385. The fourth-order valence-electron chi connectivity index (χ4n) is 1.88. The Morgan fingerprint density at radius 3 is 3.11 bits per heavy atom. The first-order chi connectivity index (χ1) is 9.19.